The standard InChI is InChI=1S/C21H18BrClN4OS/c22-16-4-7-18-19(13-16)29-21(25-18)27(10-1-9-26-11-8-24-14-26)20(28)12-15-2-5-17(23)6-3-15/h2-8,11,13-14H,1,9-10,12H2. The average Bonchev–Trinajstić information content (AvgIpc) is 3.36. The van der Waals surface area contributed by atoms with E-state index in [9.17, 15) is 4.79 Å². The highest BCUT2D eigenvalue weighted by atomic mass is 79.9. The zero-order valence-corrected chi connectivity index (χ0v) is 18.6. The molecule has 8 heteroatoms. The van der Waals surface area contributed by atoms with Crippen LogP contribution in [0.4, 0.5) is 5.13 Å². The molecule has 0 atom stereocenters. The normalized spacial score (nSPS) is 11.1. The molecule has 0 unspecified atom stereocenters. The quantitative estimate of drug-likeness (QED) is 0.341. The third kappa shape index (κ3) is 5.04. The molecule has 2 heterocycles. The van der Waals surface area contributed by atoms with Crippen LogP contribution < -0.4 is 4.90 Å². The Morgan fingerprint density at radius 3 is 2.79 bits per heavy atom. The predicted molar refractivity (Wildman–Crippen MR) is 122 cm³/mol. The van der Waals surface area contributed by atoms with Gasteiger partial charge in [0.25, 0.3) is 0 Å². The zero-order valence-electron chi connectivity index (χ0n) is 15.5. The van der Waals surface area contributed by atoms with Gasteiger partial charge in [-0.3, -0.25) is 9.69 Å². The third-order valence-electron chi connectivity index (χ3n) is 4.50. The number of benzene rings is 2. The topological polar surface area (TPSA) is 51.0 Å². The number of imidazole rings is 1. The van der Waals surface area contributed by atoms with E-state index in [4.69, 9.17) is 16.6 Å². The number of thiazole rings is 1. The highest BCUT2D eigenvalue weighted by molar-refractivity contribution is 9.10. The summed E-state index contributed by atoms with van der Waals surface area (Å²) in [5, 5.41) is 1.39. The van der Waals surface area contributed by atoms with Gasteiger partial charge in [-0.15, -0.1) is 0 Å². The van der Waals surface area contributed by atoms with Gasteiger partial charge in [0.05, 0.1) is 23.0 Å². The minimum absolute atomic E-state index is 0.0241. The van der Waals surface area contributed by atoms with Crippen LogP contribution in [0.5, 0.6) is 0 Å². The number of rotatable bonds is 7. The lowest BCUT2D eigenvalue weighted by Gasteiger charge is -2.20. The fourth-order valence-corrected chi connectivity index (χ4v) is 4.72. The molecular formula is C21H18BrClN4OS. The van der Waals surface area contributed by atoms with Crippen molar-refractivity contribution in [2.45, 2.75) is 19.4 Å². The van der Waals surface area contributed by atoms with Crippen LogP contribution in [-0.2, 0) is 17.8 Å². The summed E-state index contributed by atoms with van der Waals surface area (Å²) in [6.07, 6.45) is 6.59. The monoisotopic (exact) mass is 488 g/mol. The van der Waals surface area contributed by atoms with Crippen molar-refractivity contribution in [3.05, 3.63) is 76.2 Å². The molecule has 0 aliphatic carbocycles. The maximum atomic E-state index is 13.2. The Hall–Kier alpha value is -2.22. The maximum Gasteiger partial charge on any atom is 0.233 e. The second-order valence-electron chi connectivity index (χ2n) is 6.61. The van der Waals surface area contributed by atoms with Crippen molar-refractivity contribution in [2.24, 2.45) is 0 Å². The van der Waals surface area contributed by atoms with Gasteiger partial charge in [0.2, 0.25) is 5.91 Å². The fraction of sp³-hybridized carbons (Fsp3) is 0.190. The van der Waals surface area contributed by atoms with Crippen molar-refractivity contribution in [3.63, 3.8) is 0 Å². The fourth-order valence-electron chi connectivity index (χ4n) is 3.03. The molecule has 4 rings (SSSR count). The Bertz CT molecular complexity index is 1110. The highest BCUT2D eigenvalue weighted by Gasteiger charge is 2.20. The van der Waals surface area contributed by atoms with Gasteiger partial charge < -0.3 is 4.57 Å². The molecule has 0 aliphatic rings. The van der Waals surface area contributed by atoms with Crippen LogP contribution in [0.3, 0.4) is 0 Å². The van der Waals surface area contributed by atoms with Crippen molar-refractivity contribution < 1.29 is 4.79 Å². The summed E-state index contributed by atoms with van der Waals surface area (Å²) in [7, 11) is 0. The second kappa shape index (κ2) is 9.07. The van der Waals surface area contributed by atoms with Crippen molar-refractivity contribution in [1.82, 2.24) is 14.5 Å². The lowest BCUT2D eigenvalue weighted by molar-refractivity contribution is -0.118. The second-order valence-corrected chi connectivity index (χ2v) is 8.97. The van der Waals surface area contributed by atoms with Crippen LogP contribution in [0, 0.1) is 0 Å². The van der Waals surface area contributed by atoms with Gasteiger partial charge in [-0.2, -0.15) is 0 Å². The van der Waals surface area contributed by atoms with E-state index in [0.29, 0.717) is 18.0 Å². The van der Waals surface area contributed by atoms with E-state index in [1.165, 1.54) is 11.3 Å². The smallest absolute Gasteiger partial charge is 0.233 e. The van der Waals surface area contributed by atoms with Gasteiger partial charge in [-0.1, -0.05) is 51.0 Å². The van der Waals surface area contributed by atoms with E-state index in [1.54, 1.807) is 17.4 Å². The zero-order chi connectivity index (χ0) is 20.2. The average molecular weight is 490 g/mol. The third-order valence-corrected chi connectivity index (χ3v) is 6.28. The number of anilines is 1. The van der Waals surface area contributed by atoms with Crippen LogP contribution in [0.2, 0.25) is 5.02 Å². The molecule has 1 amide bonds. The summed E-state index contributed by atoms with van der Waals surface area (Å²) in [6.45, 7) is 1.38. The van der Waals surface area contributed by atoms with E-state index in [-0.39, 0.29) is 5.91 Å². The summed E-state index contributed by atoms with van der Waals surface area (Å²) in [5.41, 5.74) is 1.83. The number of aromatic nitrogens is 3. The van der Waals surface area contributed by atoms with Gasteiger partial charge >= 0.3 is 0 Å². The molecule has 0 fully saturated rings. The van der Waals surface area contributed by atoms with Crippen molar-refractivity contribution >= 4 is 60.1 Å². The Morgan fingerprint density at radius 2 is 2.03 bits per heavy atom. The van der Waals surface area contributed by atoms with Crippen LogP contribution >= 0.6 is 38.9 Å². The molecule has 0 bridgehead atoms. The first-order valence-corrected chi connectivity index (χ1v) is 11.1. The number of fused-ring (bicyclic) bond motifs is 1. The van der Waals surface area contributed by atoms with E-state index in [2.05, 4.69) is 20.9 Å². The number of carbonyl (C=O) groups is 1. The van der Waals surface area contributed by atoms with Crippen LogP contribution in [0.25, 0.3) is 10.2 Å². The molecule has 0 saturated heterocycles. The van der Waals surface area contributed by atoms with Gasteiger partial charge in [0, 0.05) is 35.0 Å². The summed E-state index contributed by atoms with van der Waals surface area (Å²) in [4.78, 5) is 23.7. The van der Waals surface area contributed by atoms with Gasteiger partial charge in [0.1, 0.15) is 0 Å². The van der Waals surface area contributed by atoms with E-state index < -0.39 is 0 Å². The molecule has 5 nitrogen and oxygen atoms in total. The molecule has 0 aliphatic heterocycles. The highest BCUT2D eigenvalue weighted by Crippen LogP contribution is 2.31. The maximum absolute atomic E-state index is 13.2. The number of amides is 1. The molecule has 148 valence electrons. The largest absolute Gasteiger partial charge is 0.337 e. The molecular weight excluding hydrogens is 472 g/mol. The van der Waals surface area contributed by atoms with E-state index in [0.717, 1.165) is 38.3 Å². The van der Waals surface area contributed by atoms with Crippen molar-refractivity contribution in [3.8, 4) is 0 Å². The minimum atomic E-state index is 0.0241. The van der Waals surface area contributed by atoms with Crippen LogP contribution in [-0.4, -0.2) is 27.0 Å². The number of aryl methyl sites for hydroxylation is 1. The first kappa shape index (κ1) is 20.1. The van der Waals surface area contributed by atoms with Crippen molar-refractivity contribution in [1.29, 1.82) is 0 Å². The summed E-state index contributed by atoms with van der Waals surface area (Å²) >= 11 is 11.0. The Labute approximate surface area is 186 Å². The lowest BCUT2D eigenvalue weighted by atomic mass is 10.1. The van der Waals surface area contributed by atoms with E-state index in [1.807, 2.05) is 53.2 Å². The summed E-state index contributed by atoms with van der Waals surface area (Å²) in [5.74, 6) is 0.0241. The molecule has 0 spiro atoms. The molecule has 2 aromatic carbocycles. The first-order chi connectivity index (χ1) is 14.1. The predicted octanol–water partition coefficient (Wildman–Crippen LogP) is 5.57. The summed E-state index contributed by atoms with van der Waals surface area (Å²) in [6, 6.07) is 13.4. The number of carbonyl (C=O) groups excluding carboxylic acids is 1. The Morgan fingerprint density at radius 1 is 1.21 bits per heavy atom. The molecule has 0 saturated carbocycles. The SMILES string of the molecule is O=C(Cc1ccc(Cl)cc1)N(CCCn1ccnc1)c1nc2ccc(Br)cc2s1. The van der Waals surface area contributed by atoms with Crippen molar-refractivity contribution in [2.75, 3.05) is 11.4 Å². The van der Waals surface area contributed by atoms with Crippen LogP contribution in [0.15, 0.2) is 65.7 Å². The Kier molecular flexibility index (Phi) is 6.28. The lowest BCUT2D eigenvalue weighted by Crippen LogP contribution is -2.33. The first-order valence-electron chi connectivity index (χ1n) is 9.15. The number of nitrogens with zero attached hydrogens (tertiary/aromatic N) is 4. The summed E-state index contributed by atoms with van der Waals surface area (Å²) < 4.78 is 4.06. The number of halogens is 2. The van der Waals surface area contributed by atoms with Gasteiger partial charge in [-0.05, 0) is 42.3 Å². The molecule has 0 radical (unpaired) electrons. The molecule has 4 aromatic rings. The molecule has 2 aromatic heterocycles. The number of hydrogen-bond donors (Lipinski definition) is 0. The van der Waals surface area contributed by atoms with Gasteiger partial charge in [-0.25, -0.2) is 9.97 Å². The van der Waals surface area contributed by atoms with E-state index >= 15 is 0 Å². The minimum Gasteiger partial charge on any atom is -0.337 e. The number of hydrogen-bond acceptors (Lipinski definition) is 4. The van der Waals surface area contributed by atoms with Crippen LogP contribution in [0.1, 0.15) is 12.0 Å². The molecule has 29 heavy (non-hydrogen) atoms. The Balaban J connectivity index is 1.56. The molecule has 0 N–H and O–H groups in total. The van der Waals surface area contributed by atoms with Gasteiger partial charge in [0.15, 0.2) is 5.13 Å².